The molecule has 2 N–H and O–H groups in total. The highest BCUT2D eigenvalue weighted by atomic mass is 16.5. The number of rotatable bonds is 6. The fraction of sp³-hybridized carbons (Fsp3) is 0.308. The standard InChI is InChI=1S/C26H25N3O4/c1-32-18-8-6-17(7-9-18)29-15-26-12-10-21(33-26)22(23(26)25(29)31)24(30)27-13-11-16-14-28-20-5-3-2-4-19(16)20/h2-10,12,14,21-23,28H,11,13,15H2,1H3,(H,27,30)/t21-,22-,23+,26+/m0/s1. The number of hydrogen-bond donors (Lipinski definition) is 2. The Bertz CT molecular complexity index is 1260. The second-order valence-electron chi connectivity index (χ2n) is 8.92. The van der Waals surface area contributed by atoms with Gasteiger partial charge in [-0.25, -0.2) is 0 Å². The number of methoxy groups -OCH3 is 1. The molecule has 0 aliphatic carbocycles. The van der Waals surface area contributed by atoms with Gasteiger partial charge in [0.2, 0.25) is 11.8 Å². The molecule has 168 valence electrons. The molecule has 0 unspecified atom stereocenters. The summed E-state index contributed by atoms with van der Waals surface area (Å²) in [6.07, 6.45) is 6.25. The van der Waals surface area contributed by atoms with E-state index in [-0.39, 0.29) is 17.9 Å². The second kappa shape index (κ2) is 7.49. The SMILES string of the molecule is COc1ccc(N2C[C@@]34C=C[C@H](O3)[C@H](C(=O)NCCc3c[nH]c5ccccc35)[C@@H]4C2=O)cc1. The van der Waals surface area contributed by atoms with Crippen molar-refractivity contribution in [1.29, 1.82) is 0 Å². The number of H-pyrrole nitrogens is 1. The van der Waals surface area contributed by atoms with Crippen molar-refractivity contribution >= 4 is 28.4 Å². The number of aromatic nitrogens is 1. The van der Waals surface area contributed by atoms with E-state index in [2.05, 4.69) is 16.4 Å². The number of fused-ring (bicyclic) bond motifs is 2. The minimum absolute atomic E-state index is 0.0659. The van der Waals surface area contributed by atoms with Gasteiger partial charge < -0.3 is 24.7 Å². The summed E-state index contributed by atoms with van der Waals surface area (Å²) in [6, 6.07) is 15.5. The summed E-state index contributed by atoms with van der Waals surface area (Å²) in [7, 11) is 1.61. The van der Waals surface area contributed by atoms with Crippen molar-refractivity contribution in [3.63, 3.8) is 0 Å². The number of hydrogen-bond acceptors (Lipinski definition) is 4. The zero-order chi connectivity index (χ0) is 22.6. The van der Waals surface area contributed by atoms with Crippen LogP contribution in [0.15, 0.2) is 66.9 Å². The Kier molecular flexibility index (Phi) is 4.55. The molecule has 1 aromatic heterocycles. The molecule has 33 heavy (non-hydrogen) atoms. The van der Waals surface area contributed by atoms with Crippen LogP contribution < -0.4 is 15.0 Å². The van der Waals surface area contributed by atoms with Crippen LogP contribution in [0.1, 0.15) is 5.56 Å². The first kappa shape index (κ1) is 20.1. The number of benzene rings is 2. The normalized spacial score (nSPS) is 27.4. The monoisotopic (exact) mass is 443 g/mol. The smallest absolute Gasteiger partial charge is 0.234 e. The van der Waals surface area contributed by atoms with E-state index in [1.54, 1.807) is 12.0 Å². The van der Waals surface area contributed by atoms with Crippen LogP contribution in [-0.2, 0) is 20.7 Å². The number of ether oxygens (including phenoxy) is 2. The molecule has 7 nitrogen and oxygen atoms in total. The van der Waals surface area contributed by atoms with Gasteiger partial charge in [0.1, 0.15) is 11.4 Å². The summed E-state index contributed by atoms with van der Waals surface area (Å²) >= 11 is 0. The van der Waals surface area contributed by atoms with E-state index in [1.807, 2.05) is 60.8 Å². The van der Waals surface area contributed by atoms with Crippen LogP contribution in [0, 0.1) is 11.8 Å². The van der Waals surface area contributed by atoms with E-state index in [9.17, 15) is 9.59 Å². The summed E-state index contributed by atoms with van der Waals surface area (Å²) in [4.78, 5) is 31.7. The minimum Gasteiger partial charge on any atom is -0.497 e. The molecule has 2 saturated heterocycles. The summed E-state index contributed by atoms with van der Waals surface area (Å²) in [5, 5.41) is 4.22. The van der Waals surface area contributed by atoms with Crippen molar-refractivity contribution in [2.75, 3.05) is 25.1 Å². The van der Waals surface area contributed by atoms with Crippen LogP contribution >= 0.6 is 0 Å². The molecular weight excluding hydrogens is 418 g/mol. The molecule has 0 radical (unpaired) electrons. The van der Waals surface area contributed by atoms with Gasteiger partial charge in [0.15, 0.2) is 0 Å². The van der Waals surface area contributed by atoms with Gasteiger partial charge >= 0.3 is 0 Å². The fourth-order valence-electron chi connectivity index (χ4n) is 5.56. The number of nitrogens with zero attached hydrogens (tertiary/aromatic N) is 1. The Morgan fingerprint density at radius 1 is 1.24 bits per heavy atom. The molecule has 1 spiro atoms. The lowest BCUT2D eigenvalue weighted by Crippen LogP contribution is -2.44. The molecule has 2 aromatic carbocycles. The molecule has 3 aromatic rings. The third kappa shape index (κ3) is 3.07. The number of anilines is 1. The topological polar surface area (TPSA) is 83.7 Å². The lowest BCUT2D eigenvalue weighted by molar-refractivity contribution is -0.131. The van der Waals surface area contributed by atoms with Gasteiger partial charge in [-0.05, 0) is 42.3 Å². The molecule has 6 rings (SSSR count). The van der Waals surface area contributed by atoms with Crippen molar-refractivity contribution in [3.8, 4) is 5.75 Å². The van der Waals surface area contributed by atoms with Crippen molar-refractivity contribution in [2.24, 2.45) is 11.8 Å². The molecule has 2 fully saturated rings. The molecule has 2 amide bonds. The van der Waals surface area contributed by atoms with E-state index >= 15 is 0 Å². The maximum Gasteiger partial charge on any atom is 0.234 e. The van der Waals surface area contributed by atoms with Crippen molar-refractivity contribution in [3.05, 3.63) is 72.4 Å². The average molecular weight is 444 g/mol. The highest BCUT2D eigenvalue weighted by molar-refractivity contribution is 6.03. The van der Waals surface area contributed by atoms with E-state index < -0.39 is 17.4 Å². The third-order valence-corrected chi connectivity index (χ3v) is 7.16. The van der Waals surface area contributed by atoms with Gasteiger partial charge in [-0.15, -0.1) is 0 Å². The first-order valence-corrected chi connectivity index (χ1v) is 11.2. The number of aromatic amines is 1. The van der Waals surface area contributed by atoms with Gasteiger partial charge in [0, 0.05) is 29.3 Å². The van der Waals surface area contributed by atoms with Crippen molar-refractivity contribution in [2.45, 2.75) is 18.1 Å². The number of para-hydroxylation sites is 1. The molecule has 4 heterocycles. The summed E-state index contributed by atoms with van der Waals surface area (Å²) < 4.78 is 11.5. The lowest BCUT2D eigenvalue weighted by atomic mass is 9.77. The van der Waals surface area contributed by atoms with E-state index in [1.165, 1.54) is 0 Å². The number of carbonyl (C=O) groups is 2. The fourth-order valence-corrected chi connectivity index (χ4v) is 5.56. The maximum absolute atomic E-state index is 13.4. The summed E-state index contributed by atoms with van der Waals surface area (Å²) in [6.45, 7) is 0.915. The van der Waals surface area contributed by atoms with Gasteiger partial charge in [0.25, 0.3) is 0 Å². The maximum atomic E-state index is 13.4. The van der Waals surface area contributed by atoms with Crippen molar-refractivity contribution in [1.82, 2.24) is 10.3 Å². The van der Waals surface area contributed by atoms with Crippen LogP contribution in [-0.4, -0.2) is 48.7 Å². The predicted octanol–water partition coefficient (Wildman–Crippen LogP) is 2.82. The Morgan fingerprint density at radius 3 is 2.88 bits per heavy atom. The van der Waals surface area contributed by atoms with Crippen LogP contribution in [0.2, 0.25) is 0 Å². The van der Waals surface area contributed by atoms with Gasteiger partial charge in [-0.2, -0.15) is 0 Å². The van der Waals surface area contributed by atoms with E-state index in [0.717, 1.165) is 27.9 Å². The van der Waals surface area contributed by atoms with E-state index in [0.29, 0.717) is 19.5 Å². The average Bonchev–Trinajstić information content (AvgIpc) is 3.59. The minimum atomic E-state index is -0.736. The Balaban J connectivity index is 1.17. The number of nitrogens with one attached hydrogen (secondary N) is 2. The molecule has 3 aliphatic heterocycles. The molecule has 7 heteroatoms. The quantitative estimate of drug-likeness (QED) is 0.574. The van der Waals surface area contributed by atoms with Gasteiger partial charge in [-0.1, -0.05) is 30.4 Å². The van der Waals surface area contributed by atoms with Crippen LogP contribution in [0.3, 0.4) is 0 Å². The largest absolute Gasteiger partial charge is 0.497 e. The third-order valence-electron chi connectivity index (χ3n) is 7.16. The Labute approximate surface area is 191 Å². The van der Waals surface area contributed by atoms with E-state index in [4.69, 9.17) is 9.47 Å². The zero-order valence-electron chi connectivity index (χ0n) is 18.3. The molecule has 3 aliphatic rings. The van der Waals surface area contributed by atoms with Gasteiger partial charge in [-0.3, -0.25) is 9.59 Å². The van der Waals surface area contributed by atoms with Crippen molar-refractivity contribution < 1.29 is 19.1 Å². The molecular formula is C26H25N3O4. The molecule has 4 atom stereocenters. The zero-order valence-corrected chi connectivity index (χ0v) is 18.3. The predicted molar refractivity (Wildman–Crippen MR) is 124 cm³/mol. The first-order valence-electron chi connectivity index (χ1n) is 11.2. The Hall–Kier alpha value is -3.58. The van der Waals surface area contributed by atoms with Crippen LogP contribution in [0.4, 0.5) is 5.69 Å². The van der Waals surface area contributed by atoms with Crippen LogP contribution in [0.25, 0.3) is 10.9 Å². The van der Waals surface area contributed by atoms with Gasteiger partial charge in [0.05, 0.1) is 31.6 Å². The highest BCUT2D eigenvalue weighted by Gasteiger charge is 2.67. The number of carbonyl (C=O) groups excluding carboxylic acids is 2. The molecule has 2 bridgehead atoms. The second-order valence-corrected chi connectivity index (χ2v) is 8.92. The summed E-state index contributed by atoms with van der Waals surface area (Å²) in [5.74, 6) is -0.491. The summed E-state index contributed by atoms with van der Waals surface area (Å²) in [5.41, 5.74) is 2.29. The number of amides is 2. The van der Waals surface area contributed by atoms with Crippen LogP contribution in [0.5, 0.6) is 5.75 Å². The lowest BCUT2D eigenvalue weighted by Gasteiger charge is -2.23. The first-order chi connectivity index (χ1) is 16.1. The highest BCUT2D eigenvalue weighted by Crippen LogP contribution is 2.52. The Morgan fingerprint density at radius 2 is 2.06 bits per heavy atom. The molecule has 0 saturated carbocycles.